The van der Waals surface area contributed by atoms with Crippen molar-refractivity contribution in [1.82, 2.24) is 4.90 Å². The first-order chi connectivity index (χ1) is 7.93. The van der Waals surface area contributed by atoms with Crippen LogP contribution in [0.2, 0.25) is 0 Å². The standard InChI is InChI=1S/C12H17N3O2/c1-8-9(12(13)17)5-4-6-10(8)14-7-11(16)15(2)3/h4-6,14H,7H2,1-3H3,(H2,13,17). The molecule has 0 saturated carbocycles. The zero-order valence-electron chi connectivity index (χ0n) is 10.3. The second-order valence-electron chi connectivity index (χ2n) is 3.98. The number of benzene rings is 1. The van der Waals surface area contributed by atoms with Crippen molar-refractivity contribution in [3.8, 4) is 0 Å². The summed E-state index contributed by atoms with van der Waals surface area (Å²) in [6.07, 6.45) is 0. The number of carbonyl (C=O) groups excluding carboxylic acids is 2. The zero-order chi connectivity index (χ0) is 13.0. The molecule has 0 aromatic heterocycles. The van der Waals surface area contributed by atoms with Gasteiger partial charge in [0.2, 0.25) is 11.8 Å². The van der Waals surface area contributed by atoms with E-state index in [-0.39, 0.29) is 12.5 Å². The smallest absolute Gasteiger partial charge is 0.249 e. The molecule has 5 heteroatoms. The summed E-state index contributed by atoms with van der Waals surface area (Å²) < 4.78 is 0. The normalized spacial score (nSPS) is 9.82. The Labute approximate surface area is 101 Å². The Bertz CT molecular complexity index is 441. The number of nitrogens with zero attached hydrogens (tertiary/aromatic N) is 1. The van der Waals surface area contributed by atoms with Gasteiger partial charge < -0.3 is 16.0 Å². The number of rotatable bonds is 4. The van der Waals surface area contributed by atoms with Crippen LogP contribution in [-0.4, -0.2) is 37.4 Å². The van der Waals surface area contributed by atoms with Crippen molar-refractivity contribution in [1.29, 1.82) is 0 Å². The highest BCUT2D eigenvalue weighted by atomic mass is 16.2. The second kappa shape index (κ2) is 5.34. The van der Waals surface area contributed by atoms with Crippen LogP contribution in [0, 0.1) is 6.92 Å². The van der Waals surface area contributed by atoms with Crippen LogP contribution in [0.5, 0.6) is 0 Å². The minimum Gasteiger partial charge on any atom is -0.376 e. The van der Waals surface area contributed by atoms with Crippen LogP contribution in [0.4, 0.5) is 5.69 Å². The van der Waals surface area contributed by atoms with Crippen LogP contribution in [0.3, 0.4) is 0 Å². The number of anilines is 1. The van der Waals surface area contributed by atoms with Crippen molar-refractivity contribution in [2.75, 3.05) is 26.0 Å². The number of likely N-dealkylation sites (N-methyl/N-ethyl adjacent to an activating group) is 1. The largest absolute Gasteiger partial charge is 0.376 e. The predicted octanol–water partition coefficient (Wildman–Crippen LogP) is 0.594. The molecule has 0 aliphatic rings. The molecule has 92 valence electrons. The predicted molar refractivity (Wildman–Crippen MR) is 66.9 cm³/mol. The zero-order valence-corrected chi connectivity index (χ0v) is 10.3. The molecule has 0 radical (unpaired) electrons. The van der Waals surface area contributed by atoms with E-state index in [4.69, 9.17) is 5.73 Å². The van der Waals surface area contributed by atoms with E-state index in [1.807, 2.05) is 6.07 Å². The number of nitrogens with one attached hydrogen (secondary N) is 1. The number of nitrogens with two attached hydrogens (primary N) is 1. The third kappa shape index (κ3) is 3.21. The van der Waals surface area contributed by atoms with Gasteiger partial charge in [0.05, 0.1) is 6.54 Å². The van der Waals surface area contributed by atoms with Crippen LogP contribution in [-0.2, 0) is 4.79 Å². The summed E-state index contributed by atoms with van der Waals surface area (Å²) in [5, 5.41) is 2.99. The lowest BCUT2D eigenvalue weighted by molar-refractivity contribution is -0.126. The minimum absolute atomic E-state index is 0.0334. The average molecular weight is 235 g/mol. The van der Waals surface area contributed by atoms with Crippen LogP contribution in [0.25, 0.3) is 0 Å². The van der Waals surface area contributed by atoms with E-state index in [0.29, 0.717) is 5.56 Å². The summed E-state index contributed by atoms with van der Waals surface area (Å²) in [5.74, 6) is -0.501. The van der Waals surface area contributed by atoms with Crippen molar-refractivity contribution < 1.29 is 9.59 Å². The van der Waals surface area contributed by atoms with Crippen LogP contribution in [0.15, 0.2) is 18.2 Å². The third-order valence-corrected chi connectivity index (χ3v) is 2.53. The van der Waals surface area contributed by atoms with E-state index in [2.05, 4.69) is 5.32 Å². The second-order valence-corrected chi connectivity index (χ2v) is 3.98. The maximum atomic E-state index is 11.4. The Hall–Kier alpha value is -2.04. The number of primary amides is 1. The molecule has 0 spiro atoms. The first-order valence-corrected chi connectivity index (χ1v) is 5.27. The molecule has 17 heavy (non-hydrogen) atoms. The highest BCUT2D eigenvalue weighted by molar-refractivity contribution is 5.96. The van der Waals surface area contributed by atoms with Crippen molar-refractivity contribution in [2.45, 2.75) is 6.92 Å². The highest BCUT2D eigenvalue weighted by Gasteiger charge is 2.09. The van der Waals surface area contributed by atoms with Crippen molar-refractivity contribution in [3.63, 3.8) is 0 Å². The highest BCUT2D eigenvalue weighted by Crippen LogP contribution is 2.18. The molecular weight excluding hydrogens is 218 g/mol. The SMILES string of the molecule is Cc1c(NCC(=O)N(C)C)cccc1C(N)=O. The van der Waals surface area contributed by atoms with E-state index in [1.165, 1.54) is 4.90 Å². The lowest BCUT2D eigenvalue weighted by Gasteiger charge is -2.14. The van der Waals surface area contributed by atoms with Crippen LogP contribution >= 0.6 is 0 Å². The summed E-state index contributed by atoms with van der Waals surface area (Å²) in [4.78, 5) is 24.1. The van der Waals surface area contributed by atoms with Gasteiger partial charge in [-0.2, -0.15) is 0 Å². The number of hydrogen-bond donors (Lipinski definition) is 2. The summed E-state index contributed by atoms with van der Waals surface area (Å²) in [7, 11) is 3.38. The van der Waals surface area contributed by atoms with Gasteiger partial charge in [-0.05, 0) is 24.6 Å². The quantitative estimate of drug-likeness (QED) is 0.802. The Morgan fingerprint density at radius 1 is 1.35 bits per heavy atom. The molecule has 0 aliphatic heterocycles. The maximum absolute atomic E-state index is 11.4. The van der Waals surface area contributed by atoms with Gasteiger partial charge in [-0.15, -0.1) is 0 Å². The fourth-order valence-electron chi connectivity index (χ4n) is 1.42. The molecule has 0 heterocycles. The molecule has 1 rings (SSSR count). The van der Waals surface area contributed by atoms with Gasteiger partial charge in [-0.25, -0.2) is 0 Å². The Kier molecular flexibility index (Phi) is 4.09. The average Bonchev–Trinajstić information content (AvgIpc) is 2.26. The van der Waals surface area contributed by atoms with E-state index in [0.717, 1.165) is 11.3 Å². The first kappa shape index (κ1) is 13.0. The Morgan fingerprint density at radius 3 is 2.53 bits per heavy atom. The van der Waals surface area contributed by atoms with Crippen molar-refractivity contribution >= 4 is 17.5 Å². The fourth-order valence-corrected chi connectivity index (χ4v) is 1.42. The number of hydrogen-bond acceptors (Lipinski definition) is 3. The molecule has 1 aromatic carbocycles. The van der Waals surface area contributed by atoms with Crippen LogP contribution in [0.1, 0.15) is 15.9 Å². The summed E-state index contributed by atoms with van der Waals surface area (Å²) in [6, 6.07) is 5.21. The molecule has 0 atom stereocenters. The molecule has 2 amide bonds. The number of carbonyl (C=O) groups is 2. The number of amides is 2. The Morgan fingerprint density at radius 2 is 2.00 bits per heavy atom. The molecule has 5 nitrogen and oxygen atoms in total. The molecule has 0 fully saturated rings. The molecular formula is C12H17N3O2. The first-order valence-electron chi connectivity index (χ1n) is 5.27. The maximum Gasteiger partial charge on any atom is 0.249 e. The van der Waals surface area contributed by atoms with E-state index in [1.54, 1.807) is 33.2 Å². The fraction of sp³-hybridized carbons (Fsp3) is 0.333. The lowest BCUT2D eigenvalue weighted by Crippen LogP contribution is -2.28. The van der Waals surface area contributed by atoms with Crippen molar-refractivity contribution in [3.05, 3.63) is 29.3 Å². The van der Waals surface area contributed by atoms with Gasteiger partial charge in [0.25, 0.3) is 0 Å². The topological polar surface area (TPSA) is 75.4 Å². The van der Waals surface area contributed by atoms with Gasteiger partial charge in [0.1, 0.15) is 0 Å². The lowest BCUT2D eigenvalue weighted by atomic mass is 10.1. The van der Waals surface area contributed by atoms with Gasteiger partial charge in [0.15, 0.2) is 0 Å². The summed E-state index contributed by atoms with van der Waals surface area (Å²) in [6.45, 7) is 1.98. The molecule has 0 unspecified atom stereocenters. The van der Waals surface area contributed by atoms with Gasteiger partial charge in [0, 0.05) is 25.3 Å². The summed E-state index contributed by atoms with van der Waals surface area (Å²) >= 11 is 0. The third-order valence-electron chi connectivity index (χ3n) is 2.53. The van der Waals surface area contributed by atoms with E-state index < -0.39 is 5.91 Å². The van der Waals surface area contributed by atoms with E-state index >= 15 is 0 Å². The van der Waals surface area contributed by atoms with E-state index in [9.17, 15) is 9.59 Å². The molecule has 0 saturated heterocycles. The molecule has 3 N–H and O–H groups in total. The Balaban J connectivity index is 2.82. The summed E-state index contributed by atoms with van der Waals surface area (Å²) in [5.41, 5.74) is 7.21. The monoisotopic (exact) mass is 235 g/mol. The van der Waals surface area contributed by atoms with Gasteiger partial charge in [-0.3, -0.25) is 9.59 Å². The van der Waals surface area contributed by atoms with Crippen molar-refractivity contribution in [2.24, 2.45) is 5.73 Å². The molecule has 1 aromatic rings. The molecule has 0 bridgehead atoms. The van der Waals surface area contributed by atoms with Gasteiger partial charge in [-0.1, -0.05) is 6.07 Å². The minimum atomic E-state index is -0.468. The van der Waals surface area contributed by atoms with Gasteiger partial charge >= 0.3 is 0 Å². The molecule has 0 aliphatic carbocycles. The van der Waals surface area contributed by atoms with Crippen LogP contribution < -0.4 is 11.1 Å².